The molecule has 3 rings (SSSR count). The van der Waals surface area contributed by atoms with Crippen LogP contribution in [-0.2, 0) is 11.2 Å². The fraction of sp³-hybridized carbons (Fsp3) is 0.538. The Labute approximate surface area is 106 Å². The third kappa shape index (κ3) is 2.18. The molecule has 0 spiro atoms. The summed E-state index contributed by atoms with van der Waals surface area (Å²) in [5.74, 6) is 2.13. The number of rotatable bonds is 3. The average Bonchev–Trinajstić information content (AvgIpc) is 2.82. The van der Waals surface area contributed by atoms with Gasteiger partial charge in [-0.15, -0.1) is 5.10 Å². The first kappa shape index (κ1) is 11.5. The van der Waals surface area contributed by atoms with E-state index in [9.17, 15) is 0 Å². The largest absolute Gasteiger partial charge is 0.481 e. The molecule has 1 atom stereocenters. The number of aromatic nitrogens is 3. The Morgan fingerprint density at radius 2 is 2.44 bits per heavy atom. The lowest BCUT2D eigenvalue weighted by Gasteiger charge is -2.20. The smallest absolute Gasteiger partial charge is 0.216 e. The number of hydrogen-bond acceptors (Lipinski definition) is 4. The predicted octanol–water partition coefficient (Wildman–Crippen LogP) is 1.71. The molecular formula is C13H17N3O2. The maximum atomic E-state index is 5.49. The Balaban J connectivity index is 1.84. The zero-order valence-electron chi connectivity index (χ0n) is 10.5. The topological polar surface area (TPSA) is 48.7 Å². The van der Waals surface area contributed by atoms with E-state index in [1.165, 1.54) is 6.42 Å². The third-order valence-corrected chi connectivity index (χ3v) is 3.30. The van der Waals surface area contributed by atoms with Crippen LogP contribution in [0.2, 0.25) is 0 Å². The Morgan fingerprint density at radius 3 is 3.22 bits per heavy atom. The quantitative estimate of drug-likeness (QED) is 0.828. The molecule has 1 aliphatic rings. The molecule has 1 saturated heterocycles. The minimum Gasteiger partial charge on any atom is -0.481 e. The molecule has 18 heavy (non-hydrogen) atoms. The van der Waals surface area contributed by atoms with Gasteiger partial charge in [-0.05, 0) is 24.8 Å². The molecular weight excluding hydrogens is 230 g/mol. The molecule has 5 heteroatoms. The number of ether oxygens (including phenoxy) is 2. The molecule has 1 unspecified atom stereocenters. The van der Waals surface area contributed by atoms with E-state index in [0.717, 1.165) is 37.5 Å². The van der Waals surface area contributed by atoms with E-state index in [0.29, 0.717) is 11.8 Å². The van der Waals surface area contributed by atoms with Gasteiger partial charge < -0.3 is 9.47 Å². The second-order valence-corrected chi connectivity index (χ2v) is 4.65. The second-order valence-electron chi connectivity index (χ2n) is 4.65. The van der Waals surface area contributed by atoms with Crippen LogP contribution in [0.1, 0.15) is 18.7 Å². The van der Waals surface area contributed by atoms with Crippen LogP contribution in [0.15, 0.2) is 18.2 Å². The summed E-state index contributed by atoms with van der Waals surface area (Å²) >= 11 is 0. The molecule has 1 fully saturated rings. The molecule has 0 amide bonds. The monoisotopic (exact) mass is 247 g/mol. The standard InChI is InChI=1S/C13H17N3O2/c1-17-13-6-2-5-12-14-11(15-16(12)13)8-10-4-3-7-18-9-10/h2,5-6,10H,3-4,7-9H2,1H3. The van der Waals surface area contributed by atoms with Crippen molar-refractivity contribution in [2.75, 3.05) is 20.3 Å². The van der Waals surface area contributed by atoms with Crippen molar-refractivity contribution in [1.82, 2.24) is 14.6 Å². The van der Waals surface area contributed by atoms with Gasteiger partial charge >= 0.3 is 0 Å². The van der Waals surface area contributed by atoms with Gasteiger partial charge in [-0.2, -0.15) is 4.52 Å². The molecule has 3 heterocycles. The van der Waals surface area contributed by atoms with Crippen LogP contribution in [0.3, 0.4) is 0 Å². The summed E-state index contributed by atoms with van der Waals surface area (Å²) < 4.78 is 12.5. The third-order valence-electron chi connectivity index (χ3n) is 3.30. The number of methoxy groups -OCH3 is 1. The fourth-order valence-electron chi connectivity index (χ4n) is 2.39. The van der Waals surface area contributed by atoms with E-state index in [-0.39, 0.29) is 0 Å². The van der Waals surface area contributed by atoms with Crippen LogP contribution in [0, 0.1) is 5.92 Å². The van der Waals surface area contributed by atoms with E-state index >= 15 is 0 Å². The maximum absolute atomic E-state index is 5.49. The van der Waals surface area contributed by atoms with Crippen molar-refractivity contribution in [2.24, 2.45) is 5.92 Å². The van der Waals surface area contributed by atoms with Crippen molar-refractivity contribution in [2.45, 2.75) is 19.3 Å². The van der Waals surface area contributed by atoms with Crippen LogP contribution >= 0.6 is 0 Å². The van der Waals surface area contributed by atoms with E-state index < -0.39 is 0 Å². The lowest BCUT2D eigenvalue weighted by atomic mass is 9.98. The van der Waals surface area contributed by atoms with Gasteiger partial charge in [0.25, 0.3) is 0 Å². The number of pyridine rings is 1. The van der Waals surface area contributed by atoms with Gasteiger partial charge in [-0.1, -0.05) is 6.07 Å². The highest BCUT2D eigenvalue weighted by atomic mass is 16.5. The van der Waals surface area contributed by atoms with Crippen LogP contribution in [0.25, 0.3) is 5.65 Å². The summed E-state index contributed by atoms with van der Waals surface area (Å²) in [7, 11) is 1.64. The Hall–Kier alpha value is -1.62. The van der Waals surface area contributed by atoms with E-state index in [4.69, 9.17) is 9.47 Å². The lowest BCUT2D eigenvalue weighted by Crippen LogP contribution is -2.19. The predicted molar refractivity (Wildman–Crippen MR) is 66.8 cm³/mol. The molecule has 1 aliphatic heterocycles. The first-order valence-electron chi connectivity index (χ1n) is 6.33. The summed E-state index contributed by atoms with van der Waals surface area (Å²) in [4.78, 5) is 4.53. The first-order valence-corrected chi connectivity index (χ1v) is 6.33. The molecule has 0 saturated carbocycles. The Kier molecular flexibility index (Phi) is 3.15. The van der Waals surface area contributed by atoms with Crippen molar-refractivity contribution in [3.8, 4) is 5.88 Å². The molecule has 96 valence electrons. The number of fused-ring (bicyclic) bond motifs is 1. The summed E-state index contributed by atoms with van der Waals surface area (Å²) in [5, 5.41) is 4.50. The molecule has 0 bridgehead atoms. The number of nitrogens with zero attached hydrogens (tertiary/aromatic N) is 3. The van der Waals surface area contributed by atoms with Crippen LogP contribution in [0.4, 0.5) is 0 Å². The van der Waals surface area contributed by atoms with Crippen molar-refractivity contribution < 1.29 is 9.47 Å². The minimum absolute atomic E-state index is 0.544. The highest BCUT2D eigenvalue weighted by Crippen LogP contribution is 2.19. The van der Waals surface area contributed by atoms with Crippen LogP contribution in [-0.4, -0.2) is 34.9 Å². The molecule has 2 aromatic rings. The molecule has 0 radical (unpaired) electrons. The van der Waals surface area contributed by atoms with Gasteiger partial charge in [-0.3, -0.25) is 0 Å². The van der Waals surface area contributed by atoms with Crippen molar-refractivity contribution >= 4 is 5.65 Å². The summed E-state index contributed by atoms with van der Waals surface area (Å²) in [6, 6.07) is 5.75. The average molecular weight is 247 g/mol. The van der Waals surface area contributed by atoms with Crippen LogP contribution < -0.4 is 4.74 Å². The van der Waals surface area contributed by atoms with Gasteiger partial charge in [0.2, 0.25) is 5.88 Å². The molecule has 2 aromatic heterocycles. The van der Waals surface area contributed by atoms with Gasteiger partial charge in [0.1, 0.15) is 0 Å². The maximum Gasteiger partial charge on any atom is 0.216 e. The highest BCUT2D eigenvalue weighted by molar-refractivity contribution is 5.40. The normalized spacial score (nSPS) is 20.2. The van der Waals surface area contributed by atoms with Gasteiger partial charge in [0.15, 0.2) is 11.5 Å². The molecule has 0 N–H and O–H groups in total. The molecule has 0 aromatic carbocycles. The zero-order chi connectivity index (χ0) is 12.4. The van der Waals surface area contributed by atoms with Crippen molar-refractivity contribution in [3.63, 3.8) is 0 Å². The second kappa shape index (κ2) is 4.94. The van der Waals surface area contributed by atoms with E-state index in [1.54, 1.807) is 11.6 Å². The van der Waals surface area contributed by atoms with E-state index in [2.05, 4.69) is 10.1 Å². The fourth-order valence-corrected chi connectivity index (χ4v) is 2.39. The van der Waals surface area contributed by atoms with Gasteiger partial charge in [0, 0.05) is 25.7 Å². The molecule has 5 nitrogen and oxygen atoms in total. The van der Waals surface area contributed by atoms with Gasteiger partial charge in [0.05, 0.1) is 7.11 Å². The Morgan fingerprint density at radius 1 is 1.50 bits per heavy atom. The first-order chi connectivity index (χ1) is 8.86. The highest BCUT2D eigenvalue weighted by Gasteiger charge is 2.17. The molecule has 0 aliphatic carbocycles. The zero-order valence-corrected chi connectivity index (χ0v) is 10.5. The van der Waals surface area contributed by atoms with Crippen molar-refractivity contribution in [1.29, 1.82) is 0 Å². The number of hydrogen-bond donors (Lipinski definition) is 0. The Bertz CT molecular complexity index is 532. The lowest BCUT2D eigenvalue weighted by molar-refractivity contribution is 0.0543. The van der Waals surface area contributed by atoms with Gasteiger partial charge in [-0.25, -0.2) is 4.98 Å². The van der Waals surface area contributed by atoms with E-state index in [1.807, 2.05) is 18.2 Å². The summed E-state index contributed by atoms with van der Waals surface area (Å²) in [6.45, 7) is 1.72. The van der Waals surface area contributed by atoms with Crippen LogP contribution in [0.5, 0.6) is 5.88 Å². The minimum atomic E-state index is 0.544. The van der Waals surface area contributed by atoms with Crippen molar-refractivity contribution in [3.05, 3.63) is 24.0 Å². The summed E-state index contributed by atoms with van der Waals surface area (Å²) in [6.07, 6.45) is 3.22. The summed E-state index contributed by atoms with van der Waals surface area (Å²) in [5.41, 5.74) is 0.834. The SMILES string of the molecule is COc1cccc2nc(CC3CCCOC3)nn12.